The maximum absolute atomic E-state index is 2.44. The van der Waals surface area contributed by atoms with Gasteiger partial charge < -0.3 is 4.90 Å². The number of fused-ring (bicyclic) bond motifs is 10. The van der Waals surface area contributed by atoms with E-state index in [0.29, 0.717) is 0 Å². The second-order valence-electron chi connectivity index (χ2n) is 14.6. The highest BCUT2D eigenvalue weighted by atomic mass is 15.1. The predicted octanol–water partition coefficient (Wildman–Crippen LogP) is 14.1. The third-order valence-corrected chi connectivity index (χ3v) is 11.3. The molecule has 1 aliphatic carbocycles. The number of benzene rings is 9. The highest BCUT2D eigenvalue weighted by Gasteiger charge is 2.35. The molecule has 0 saturated heterocycles. The summed E-state index contributed by atoms with van der Waals surface area (Å²) in [7, 11) is 0. The fraction of sp³-hybridized carbons (Fsp3) is 0.0800. The minimum atomic E-state index is -0.0837. The number of nitrogens with zero attached hydrogens (tertiary/aromatic N) is 1. The smallest absolute Gasteiger partial charge is 0.0540 e. The van der Waals surface area contributed by atoms with Gasteiger partial charge in [-0.15, -0.1) is 0 Å². The van der Waals surface area contributed by atoms with E-state index in [-0.39, 0.29) is 5.41 Å². The molecule has 0 unspecified atom stereocenters. The molecule has 0 atom stereocenters. The molecular weight excluding hydrogens is 615 g/mol. The second kappa shape index (κ2) is 11.2. The molecule has 9 aromatic carbocycles. The van der Waals surface area contributed by atoms with Crippen LogP contribution in [0, 0.1) is 6.92 Å². The Morgan fingerprint density at radius 2 is 1.00 bits per heavy atom. The van der Waals surface area contributed by atoms with Gasteiger partial charge in [0.2, 0.25) is 0 Å². The molecule has 1 aliphatic rings. The van der Waals surface area contributed by atoms with Gasteiger partial charge in [-0.3, -0.25) is 0 Å². The molecule has 9 aromatic rings. The van der Waals surface area contributed by atoms with E-state index in [1.165, 1.54) is 93.4 Å². The van der Waals surface area contributed by atoms with Crippen molar-refractivity contribution in [3.8, 4) is 22.3 Å². The summed E-state index contributed by atoms with van der Waals surface area (Å²) in [4.78, 5) is 2.44. The van der Waals surface area contributed by atoms with Crippen molar-refractivity contribution < 1.29 is 0 Å². The molecule has 10 rings (SSSR count). The first kappa shape index (κ1) is 29.7. The fourth-order valence-corrected chi connectivity index (χ4v) is 8.88. The van der Waals surface area contributed by atoms with E-state index < -0.39 is 0 Å². The van der Waals surface area contributed by atoms with E-state index in [2.05, 4.69) is 196 Å². The number of aryl methyl sites for hydroxylation is 1. The molecule has 0 N–H and O–H groups in total. The summed E-state index contributed by atoms with van der Waals surface area (Å²) in [5.41, 5.74) is 12.6. The zero-order valence-corrected chi connectivity index (χ0v) is 29.1. The van der Waals surface area contributed by atoms with Gasteiger partial charge in [0.05, 0.1) is 5.69 Å². The highest BCUT2D eigenvalue weighted by molar-refractivity contribution is 6.26. The molecule has 0 saturated carbocycles. The summed E-state index contributed by atoms with van der Waals surface area (Å²) in [5.74, 6) is 0. The van der Waals surface area contributed by atoms with Crippen molar-refractivity contribution in [2.75, 3.05) is 4.90 Å². The van der Waals surface area contributed by atoms with Gasteiger partial charge in [0.1, 0.15) is 0 Å². The van der Waals surface area contributed by atoms with Crippen LogP contribution in [0.3, 0.4) is 0 Å². The third-order valence-electron chi connectivity index (χ3n) is 11.3. The van der Waals surface area contributed by atoms with Crippen molar-refractivity contribution in [2.24, 2.45) is 0 Å². The summed E-state index contributed by atoms with van der Waals surface area (Å²) >= 11 is 0. The molecule has 0 aromatic heterocycles. The van der Waals surface area contributed by atoms with Gasteiger partial charge in [-0.25, -0.2) is 0 Å². The first-order valence-corrected chi connectivity index (χ1v) is 17.9. The normalized spacial score (nSPS) is 13.2. The third kappa shape index (κ3) is 4.48. The Bertz CT molecular complexity index is 2830. The van der Waals surface area contributed by atoms with Crippen LogP contribution in [0.4, 0.5) is 17.1 Å². The summed E-state index contributed by atoms with van der Waals surface area (Å²) in [5, 5.41) is 10.4. The van der Waals surface area contributed by atoms with E-state index in [4.69, 9.17) is 0 Å². The summed E-state index contributed by atoms with van der Waals surface area (Å²) < 4.78 is 0. The Balaban J connectivity index is 1.14. The zero-order valence-electron chi connectivity index (χ0n) is 29.1. The van der Waals surface area contributed by atoms with Crippen LogP contribution in [0.2, 0.25) is 0 Å². The van der Waals surface area contributed by atoms with E-state index >= 15 is 0 Å². The summed E-state index contributed by atoms with van der Waals surface area (Å²) in [6.07, 6.45) is 0. The maximum atomic E-state index is 2.44. The first-order chi connectivity index (χ1) is 25.0. The minimum absolute atomic E-state index is 0.0837. The standard InChI is InChI=1S/C50H37N/c1-32-29-35(30-45-41-18-7-6-16-39(41)40-17-8-9-20-44(40)49(32)45)33-23-25-36(26-24-33)51(48-22-12-14-34-13-4-5-15-38(34)48)37-27-28-43-42-19-10-11-21-46(42)50(2,3)47(43)31-37/h4-31H,1-3H3. The molecule has 0 aliphatic heterocycles. The molecule has 0 radical (unpaired) electrons. The number of rotatable bonds is 4. The van der Waals surface area contributed by atoms with Crippen molar-refractivity contribution in [1.82, 2.24) is 0 Å². The van der Waals surface area contributed by atoms with Crippen LogP contribution in [0.5, 0.6) is 0 Å². The Kier molecular flexibility index (Phi) is 6.51. The first-order valence-electron chi connectivity index (χ1n) is 17.9. The molecule has 1 nitrogen and oxygen atoms in total. The van der Waals surface area contributed by atoms with Gasteiger partial charge in [0, 0.05) is 22.2 Å². The lowest BCUT2D eigenvalue weighted by atomic mass is 9.82. The molecule has 0 fully saturated rings. The van der Waals surface area contributed by atoms with Crippen LogP contribution in [-0.4, -0.2) is 0 Å². The van der Waals surface area contributed by atoms with E-state index in [9.17, 15) is 0 Å². The molecule has 0 heterocycles. The number of anilines is 3. The van der Waals surface area contributed by atoms with Gasteiger partial charge in [0.15, 0.2) is 0 Å². The topological polar surface area (TPSA) is 3.24 Å². The van der Waals surface area contributed by atoms with Crippen LogP contribution in [0.1, 0.15) is 30.5 Å². The molecule has 51 heavy (non-hydrogen) atoms. The lowest BCUT2D eigenvalue weighted by molar-refractivity contribution is 0.660. The molecule has 1 heteroatoms. The van der Waals surface area contributed by atoms with Crippen molar-refractivity contribution in [2.45, 2.75) is 26.2 Å². The Hall–Kier alpha value is -6.18. The quantitative estimate of drug-likeness (QED) is 0.171. The fourth-order valence-electron chi connectivity index (χ4n) is 8.88. The van der Waals surface area contributed by atoms with Crippen molar-refractivity contribution >= 4 is 60.2 Å². The average Bonchev–Trinajstić information content (AvgIpc) is 3.40. The van der Waals surface area contributed by atoms with Crippen molar-refractivity contribution in [3.63, 3.8) is 0 Å². The van der Waals surface area contributed by atoms with Crippen LogP contribution in [-0.2, 0) is 5.41 Å². The molecule has 0 amide bonds. The number of hydrogen-bond acceptors (Lipinski definition) is 1. The van der Waals surface area contributed by atoms with Gasteiger partial charge in [-0.05, 0) is 120 Å². The largest absolute Gasteiger partial charge is 0.310 e. The van der Waals surface area contributed by atoms with Gasteiger partial charge in [-0.1, -0.05) is 147 Å². The molecule has 242 valence electrons. The predicted molar refractivity (Wildman–Crippen MR) is 219 cm³/mol. The van der Waals surface area contributed by atoms with E-state index in [1.807, 2.05) is 0 Å². The number of hydrogen-bond donors (Lipinski definition) is 0. The zero-order chi connectivity index (χ0) is 34.3. The van der Waals surface area contributed by atoms with Crippen LogP contribution < -0.4 is 4.90 Å². The van der Waals surface area contributed by atoms with Crippen molar-refractivity contribution in [1.29, 1.82) is 0 Å². The monoisotopic (exact) mass is 651 g/mol. The Morgan fingerprint density at radius 1 is 0.412 bits per heavy atom. The van der Waals surface area contributed by atoms with Crippen LogP contribution in [0.25, 0.3) is 65.3 Å². The molecule has 0 bridgehead atoms. The SMILES string of the molecule is Cc1cc(-c2ccc(N(c3ccc4c(c3)C(C)(C)c3ccccc3-4)c3cccc4ccccc34)cc2)cc2c3ccccc3c3ccccc3c12. The van der Waals surface area contributed by atoms with Gasteiger partial charge in [-0.2, -0.15) is 0 Å². The highest BCUT2D eigenvalue weighted by Crippen LogP contribution is 2.51. The van der Waals surface area contributed by atoms with Crippen LogP contribution >= 0.6 is 0 Å². The lowest BCUT2D eigenvalue weighted by Gasteiger charge is -2.29. The van der Waals surface area contributed by atoms with E-state index in [1.54, 1.807) is 0 Å². The molecule has 0 spiro atoms. The summed E-state index contributed by atoms with van der Waals surface area (Å²) in [6, 6.07) is 62.9. The Morgan fingerprint density at radius 3 is 1.78 bits per heavy atom. The van der Waals surface area contributed by atoms with Gasteiger partial charge in [0.25, 0.3) is 0 Å². The van der Waals surface area contributed by atoms with Gasteiger partial charge >= 0.3 is 0 Å². The average molecular weight is 652 g/mol. The van der Waals surface area contributed by atoms with E-state index in [0.717, 1.165) is 5.69 Å². The minimum Gasteiger partial charge on any atom is -0.310 e. The van der Waals surface area contributed by atoms with Crippen molar-refractivity contribution in [3.05, 3.63) is 187 Å². The second-order valence-corrected chi connectivity index (χ2v) is 14.6. The lowest BCUT2D eigenvalue weighted by Crippen LogP contribution is -2.16. The molecular formula is C50H37N. The van der Waals surface area contributed by atoms with Crippen LogP contribution in [0.15, 0.2) is 170 Å². The summed E-state index contributed by atoms with van der Waals surface area (Å²) in [6.45, 7) is 6.98. The Labute approximate surface area is 299 Å². The maximum Gasteiger partial charge on any atom is 0.0540 e.